The zero-order valence-electron chi connectivity index (χ0n) is 5.80. The van der Waals surface area contributed by atoms with E-state index >= 15 is 0 Å². The Hall–Kier alpha value is -0.610. The second-order valence-electron chi connectivity index (χ2n) is 2.32. The third kappa shape index (κ3) is 2.33. The molecule has 10 heavy (non-hydrogen) atoms. The second kappa shape index (κ2) is 3.53. The lowest BCUT2D eigenvalue weighted by molar-refractivity contribution is -0.118. The van der Waals surface area contributed by atoms with Crippen molar-refractivity contribution in [3.8, 4) is 0 Å². The van der Waals surface area contributed by atoms with Crippen LogP contribution in [0, 0.1) is 0 Å². The quantitative estimate of drug-likeness (QED) is 0.545. The molecule has 4 heteroatoms. The lowest BCUT2D eigenvalue weighted by atomic mass is 10.3. The van der Waals surface area contributed by atoms with Gasteiger partial charge in [-0.1, -0.05) is 0 Å². The number of hydrogen-bond acceptors (Lipinski definition) is 3. The van der Waals surface area contributed by atoms with Crippen LogP contribution in [-0.2, 0) is 9.53 Å². The van der Waals surface area contributed by atoms with Gasteiger partial charge in [0.15, 0.2) is 0 Å². The summed E-state index contributed by atoms with van der Waals surface area (Å²) >= 11 is 0. The Bertz CT molecular complexity index is 121. The molecule has 0 bridgehead atoms. The first-order valence-corrected chi connectivity index (χ1v) is 3.42. The number of nitrogens with two attached hydrogens (primary N) is 1. The molecular weight excluding hydrogens is 132 g/mol. The molecule has 0 spiro atoms. The molecule has 0 aliphatic carbocycles. The van der Waals surface area contributed by atoms with E-state index in [0.717, 1.165) is 13.2 Å². The maximum Gasteiger partial charge on any atom is 0.217 e. The molecule has 1 aliphatic rings. The summed E-state index contributed by atoms with van der Waals surface area (Å²) in [7, 11) is 0. The molecule has 58 valence electrons. The van der Waals surface area contributed by atoms with E-state index in [1.54, 1.807) is 0 Å². The molecule has 0 radical (unpaired) electrons. The molecule has 4 nitrogen and oxygen atoms in total. The number of amides is 1. The van der Waals surface area contributed by atoms with E-state index in [1.165, 1.54) is 0 Å². The number of hydrogen-bond donors (Lipinski definition) is 2. The monoisotopic (exact) mass is 144 g/mol. The smallest absolute Gasteiger partial charge is 0.217 e. The SMILES string of the molecule is NC(=O)CCC1NCCO1. The van der Waals surface area contributed by atoms with Crippen LogP contribution in [0.1, 0.15) is 12.8 Å². The Morgan fingerprint density at radius 3 is 3.10 bits per heavy atom. The highest BCUT2D eigenvalue weighted by atomic mass is 16.5. The van der Waals surface area contributed by atoms with Gasteiger partial charge in [-0.05, 0) is 6.42 Å². The van der Waals surface area contributed by atoms with Crippen molar-refractivity contribution in [3.63, 3.8) is 0 Å². The van der Waals surface area contributed by atoms with Crippen LogP contribution in [0.5, 0.6) is 0 Å². The topological polar surface area (TPSA) is 64.4 Å². The van der Waals surface area contributed by atoms with Crippen LogP contribution in [0.2, 0.25) is 0 Å². The van der Waals surface area contributed by atoms with Gasteiger partial charge in [-0.3, -0.25) is 10.1 Å². The Morgan fingerprint density at radius 1 is 1.80 bits per heavy atom. The van der Waals surface area contributed by atoms with Gasteiger partial charge < -0.3 is 10.5 Å². The highest BCUT2D eigenvalue weighted by Gasteiger charge is 2.14. The van der Waals surface area contributed by atoms with Crippen molar-refractivity contribution in [2.45, 2.75) is 19.1 Å². The average molecular weight is 144 g/mol. The molecular formula is C6H12N2O2. The number of carbonyl (C=O) groups excluding carboxylic acids is 1. The largest absolute Gasteiger partial charge is 0.370 e. The Balaban J connectivity index is 2.07. The highest BCUT2D eigenvalue weighted by molar-refractivity contribution is 5.73. The standard InChI is InChI=1S/C6H12N2O2/c7-5(9)1-2-6-8-3-4-10-6/h6,8H,1-4H2,(H2,7,9). The zero-order chi connectivity index (χ0) is 7.40. The lowest BCUT2D eigenvalue weighted by Gasteiger charge is -2.06. The van der Waals surface area contributed by atoms with Crippen molar-refractivity contribution < 1.29 is 9.53 Å². The molecule has 1 amide bonds. The molecule has 3 N–H and O–H groups in total. The van der Waals surface area contributed by atoms with Crippen LogP contribution < -0.4 is 11.1 Å². The summed E-state index contributed by atoms with van der Waals surface area (Å²) in [5.74, 6) is -0.266. The fourth-order valence-corrected chi connectivity index (χ4v) is 0.939. The van der Waals surface area contributed by atoms with Gasteiger partial charge in [0.2, 0.25) is 5.91 Å². The average Bonchev–Trinajstić information content (AvgIpc) is 2.34. The third-order valence-electron chi connectivity index (χ3n) is 1.45. The zero-order valence-corrected chi connectivity index (χ0v) is 5.80. The van der Waals surface area contributed by atoms with Crippen molar-refractivity contribution in [1.29, 1.82) is 0 Å². The second-order valence-corrected chi connectivity index (χ2v) is 2.32. The molecule has 1 heterocycles. The predicted molar refractivity (Wildman–Crippen MR) is 36.2 cm³/mol. The molecule has 1 rings (SSSR count). The maximum absolute atomic E-state index is 10.3. The Kier molecular flexibility index (Phi) is 2.65. The van der Waals surface area contributed by atoms with E-state index in [2.05, 4.69) is 5.32 Å². The molecule has 0 aromatic carbocycles. The van der Waals surface area contributed by atoms with Crippen LogP contribution in [-0.4, -0.2) is 25.3 Å². The van der Waals surface area contributed by atoms with E-state index in [-0.39, 0.29) is 12.1 Å². The normalized spacial score (nSPS) is 25.0. The number of carbonyl (C=O) groups is 1. The summed E-state index contributed by atoms with van der Waals surface area (Å²) in [6.07, 6.45) is 1.14. The number of ether oxygens (including phenoxy) is 1. The van der Waals surface area contributed by atoms with Gasteiger partial charge in [-0.25, -0.2) is 0 Å². The maximum atomic E-state index is 10.3. The highest BCUT2D eigenvalue weighted by Crippen LogP contribution is 2.02. The Morgan fingerprint density at radius 2 is 2.60 bits per heavy atom. The minimum atomic E-state index is -0.266. The van der Waals surface area contributed by atoms with Gasteiger partial charge in [0.05, 0.1) is 6.61 Å². The molecule has 0 aromatic heterocycles. The molecule has 1 unspecified atom stereocenters. The summed E-state index contributed by atoms with van der Waals surface area (Å²) < 4.78 is 5.18. The van der Waals surface area contributed by atoms with Crippen molar-refractivity contribution in [2.75, 3.05) is 13.2 Å². The molecule has 1 atom stereocenters. The van der Waals surface area contributed by atoms with Gasteiger partial charge in [-0.15, -0.1) is 0 Å². The van der Waals surface area contributed by atoms with Crippen molar-refractivity contribution >= 4 is 5.91 Å². The summed E-state index contributed by atoms with van der Waals surface area (Å²) in [5, 5.41) is 3.08. The first kappa shape index (κ1) is 7.50. The van der Waals surface area contributed by atoms with E-state index in [0.29, 0.717) is 12.8 Å². The van der Waals surface area contributed by atoms with Gasteiger partial charge in [0.25, 0.3) is 0 Å². The summed E-state index contributed by atoms with van der Waals surface area (Å²) in [6.45, 7) is 1.62. The van der Waals surface area contributed by atoms with Gasteiger partial charge in [0.1, 0.15) is 6.23 Å². The van der Waals surface area contributed by atoms with Gasteiger partial charge in [0, 0.05) is 13.0 Å². The van der Waals surface area contributed by atoms with E-state index in [4.69, 9.17) is 10.5 Å². The first-order chi connectivity index (χ1) is 4.79. The van der Waals surface area contributed by atoms with Gasteiger partial charge >= 0.3 is 0 Å². The van der Waals surface area contributed by atoms with Crippen LogP contribution in [0.4, 0.5) is 0 Å². The van der Waals surface area contributed by atoms with E-state index in [1.807, 2.05) is 0 Å². The van der Waals surface area contributed by atoms with Crippen LogP contribution in [0.25, 0.3) is 0 Å². The van der Waals surface area contributed by atoms with Crippen molar-refractivity contribution in [3.05, 3.63) is 0 Å². The lowest BCUT2D eigenvalue weighted by Crippen LogP contribution is -2.24. The van der Waals surface area contributed by atoms with Gasteiger partial charge in [-0.2, -0.15) is 0 Å². The van der Waals surface area contributed by atoms with Crippen LogP contribution in [0.15, 0.2) is 0 Å². The Labute approximate surface area is 59.7 Å². The summed E-state index contributed by atoms with van der Waals surface area (Å²) in [5.41, 5.74) is 4.95. The predicted octanol–water partition coefficient (Wildman–Crippen LogP) is -0.802. The molecule has 1 fully saturated rings. The van der Waals surface area contributed by atoms with Crippen molar-refractivity contribution in [2.24, 2.45) is 5.73 Å². The molecule has 1 aliphatic heterocycles. The fraction of sp³-hybridized carbons (Fsp3) is 0.833. The van der Waals surface area contributed by atoms with Crippen molar-refractivity contribution in [1.82, 2.24) is 5.32 Å². The molecule has 1 saturated heterocycles. The van der Waals surface area contributed by atoms with Crippen LogP contribution >= 0.6 is 0 Å². The molecule has 0 aromatic rings. The van der Waals surface area contributed by atoms with E-state index < -0.39 is 0 Å². The van der Waals surface area contributed by atoms with E-state index in [9.17, 15) is 4.79 Å². The first-order valence-electron chi connectivity index (χ1n) is 3.42. The molecule has 0 saturated carbocycles. The number of primary amides is 1. The fourth-order valence-electron chi connectivity index (χ4n) is 0.939. The number of rotatable bonds is 3. The minimum absolute atomic E-state index is 0.0486. The summed E-state index contributed by atoms with van der Waals surface area (Å²) in [4.78, 5) is 10.3. The third-order valence-corrected chi connectivity index (χ3v) is 1.45. The number of nitrogens with one attached hydrogen (secondary N) is 1. The van der Waals surface area contributed by atoms with Crippen LogP contribution in [0.3, 0.4) is 0 Å². The summed E-state index contributed by atoms with van der Waals surface area (Å²) in [6, 6.07) is 0. The minimum Gasteiger partial charge on any atom is -0.370 e.